The van der Waals surface area contributed by atoms with Crippen LogP contribution in [-0.4, -0.2) is 24.7 Å². The highest BCUT2D eigenvalue weighted by Crippen LogP contribution is 2.47. The normalized spacial score (nSPS) is 49.4. The molecular weight excluding hydrogens is 328 g/mol. The summed E-state index contributed by atoms with van der Waals surface area (Å²) in [4.78, 5) is 0. The highest BCUT2D eigenvalue weighted by molar-refractivity contribution is 4.95. The molecule has 144 valence electrons. The summed E-state index contributed by atoms with van der Waals surface area (Å²) >= 11 is 0. The third kappa shape index (κ3) is 4.42. The minimum Gasteiger partial charge on any atom is -0.247 e. The summed E-state index contributed by atoms with van der Waals surface area (Å²) in [6.07, 6.45) is 4.81. The number of alkyl halides is 4. The summed E-state index contributed by atoms with van der Waals surface area (Å²) in [6.45, 7) is 2.06. The SMILES string of the molecule is CC=CC1CCC(C2CCC(C3CC(F)C(F)C(F)C3)C(F)C2)CC1. The van der Waals surface area contributed by atoms with Crippen molar-refractivity contribution in [2.75, 3.05) is 0 Å². The van der Waals surface area contributed by atoms with Gasteiger partial charge in [-0.3, -0.25) is 0 Å². The highest BCUT2D eigenvalue weighted by Gasteiger charge is 2.45. The first kappa shape index (κ1) is 19.2. The first-order valence-electron chi connectivity index (χ1n) is 10.2. The van der Waals surface area contributed by atoms with Gasteiger partial charge in [-0.25, -0.2) is 17.6 Å². The van der Waals surface area contributed by atoms with Crippen LogP contribution >= 0.6 is 0 Å². The van der Waals surface area contributed by atoms with Crippen LogP contribution in [0.5, 0.6) is 0 Å². The molecule has 3 aliphatic rings. The van der Waals surface area contributed by atoms with Crippen LogP contribution in [0.15, 0.2) is 12.2 Å². The van der Waals surface area contributed by atoms with Crippen molar-refractivity contribution < 1.29 is 17.6 Å². The van der Waals surface area contributed by atoms with Gasteiger partial charge in [0.2, 0.25) is 0 Å². The molecule has 0 bridgehead atoms. The van der Waals surface area contributed by atoms with E-state index in [4.69, 9.17) is 0 Å². The van der Waals surface area contributed by atoms with Crippen LogP contribution in [0.3, 0.4) is 0 Å². The molecule has 5 unspecified atom stereocenters. The molecule has 3 aliphatic carbocycles. The molecule has 0 radical (unpaired) electrons. The smallest absolute Gasteiger partial charge is 0.162 e. The average Bonchev–Trinajstić information content (AvgIpc) is 2.60. The molecule has 0 heterocycles. The summed E-state index contributed by atoms with van der Waals surface area (Å²) in [7, 11) is 0. The molecule has 0 aromatic rings. The summed E-state index contributed by atoms with van der Waals surface area (Å²) in [5.74, 6) is 1.08. The van der Waals surface area contributed by atoms with E-state index in [1.54, 1.807) is 0 Å². The minimum atomic E-state index is -2.02. The van der Waals surface area contributed by atoms with Crippen molar-refractivity contribution in [3.8, 4) is 0 Å². The van der Waals surface area contributed by atoms with Gasteiger partial charge >= 0.3 is 0 Å². The molecule has 5 atom stereocenters. The molecular formula is C21H32F4. The Labute approximate surface area is 149 Å². The van der Waals surface area contributed by atoms with E-state index in [-0.39, 0.29) is 24.7 Å². The molecule has 0 spiro atoms. The standard InChI is InChI=1S/C21H32F4/c1-2-3-13-4-6-14(7-5-13)15-8-9-17(18(22)10-15)16-11-19(23)21(25)20(24)12-16/h2-3,13-21H,4-12H2,1H3. The molecule has 0 nitrogen and oxygen atoms in total. The van der Waals surface area contributed by atoms with E-state index >= 15 is 0 Å². The average molecular weight is 360 g/mol. The van der Waals surface area contributed by atoms with Gasteiger partial charge in [0, 0.05) is 0 Å². The van der Waals surface area contributed by atoms with Gasteiger partial charge in [0.25, 0.3) is 0 Å². The van der Waals surface area contributed by atoms with Crippen molar-refractivity contribution in [1.29, 1.82) is 0 Å². The van der Waals surface area contributed by atoms with Crippen molar-refractivity contribution in [2.24, 2.45) is 29.6 Å². The Balaban J connectivity index is 1.51. The monoisotopic (exact) mass is 360 g/mol. The highest BCUT2D eigenvalue weighted by atomic mass is 19.2. The van der Waals surface area contributed by atoms with Crippen LogP contribution in [0, 0.1) is 29.6 Å². The van der Waals surface area contributed by atoms with Crippen molar-refractivity contribution >= 4 is 0 Å². The molecule has 0 aliphatic heterocycles. The second-order valence-corrected chi connectivity index (χ2v) is 8.66. The largest absolute Gasteiger partial charge is 0.247 e. The topological polar surface area (TPSA) is 0 Å². The molecule has 3 saturated carbocycles. The van der Waals surface area contributed by atoms with Crippen molar-refractivity contribution in [2.45, 2.75) is 89.4 Å². The number of allylic oxidation sites excluding steroid dienone is 2. The third-order valence-corrected chi connectivity index (χ3v) is 7.16. The first-order chi connectivity index (χ1) is 12.0. The third-order valence-electron chi connectivity index (χ3n) is 7.16. The molecule has 0 N–H and O–H groups in total. The molecule has 0 saturated heterocycles. The second-order valence-electron chi connectivity index (χ2n) is 8.66. The summed E-state index contributed by atoms with van der Waals surface area (Å²) < 4.78 is 55.6. The van der Waals surface area contributed by atoms with E-state index in [9.17, 15) is 17.6 Å². The maximum absolute atomic E-state index is 14.8. The van der Waals surface area contributed by atoms with Crippen LogP contribution in [0.4, 0.5) is 17.6 Å². The molecule has 3 fully saturated rings. The zero-order chi connectivity index (χ0) is 18.0. The zero-order valence-corrected chi connectivity index (χ0v) is 15.2. The lowest BCUT2D eigenvalue weighted by molar-refractivity contribution is -0.0284. The Bertz CT molecular complexity index is 431. The fourth-order valence-electron chi connectivity index (χ4n) is 5.72. The van der Waals surface area contributed by atoms with Gasteiger partial charge in [-0.1, -0.05) is 12.2 Å². The van der Waals surface area contributed by atoms with E-state index in [1.807, 2.05) is 0 Å². The van der Waals surface area contributed by atoms with Crippen LogP contribution in [0.1, 0.15) is 64.7 Å². The first-order valence-corrected chi connectivity index (χ1v) is 10.2. The lowest BCUT2D eigenvalue weighted by atomic mass is 9.64. The van der Waals surface area contributed by atoms with Crippen LogP contribution in [0.2, 0.25) is 0 Å². The van der Waals surface area contributed by atoms with Gasteiger partial charge in [0.05, 0.1) is 0 Å². The van der Waals surface area contributed by atoms with Crippen molar-refractivity contribution in [1.82, 2.24) is 0 Å². The van der Waals surface area contributed by atoms with Gasteiger partial charge in [-0.05, 0) is 94.3 Å². The molecule has 0 aromatic carbocycles. The van der Waals surface area contributed by atoms with Gasteiger partial charge in [-0.2, -0.15) is 0 Å². The van der Waals surface area contributed by atoms with E-state index in [0.717, 1.165) is 6.42 Å². The Kier molecular flexibility index (Phi) is 6.49. The molecule has 3 rings (SSSR count). The fourth-order valence-corrected chi connectivity index (χ4v) is 5.72. The summed E-state index contributed by atoms with van der Waals surface area (Å²) in [6, 6.07) is 0. The maximum Gasteiger partial charge on any atom is 0.162 e. The number of halogens is 4. The summed E-state index contributed by atoms with van der Waals surface area (Å²) in [5.41, 5.74) is 0. The zero-order valence-electron chi connectivity index (χ0n) is 15.2. The Morgan fingerprint density at radius 3 is 1.76 bits per heavy atom. The number of hydrogen-bond donors (Lipinski definition) is 0. The lowest BCUT2D eigenvalue weighted by Crippen LogP contribution is -2.43. The fraction of sp³-hybridized carbons (Fsp3) is 0.905. The lowest BCUT2D eigenvalue weighted by Gasteiger charge is -2.43. The molecule has 4 heteroatoms. The van der Waals surface area contributed by atoms with Gasteiger partial charge < -0.3 is 0 Å². The predicted octanol–water partition coefficient (Wildman–Crippen LogP) is 6.55. The van der Waals surface area contributed by atoms with E-state index in [1.165, 1.54) is 25.7 Å². The van der Waals surface area contributed by atoms with Crippen LogP contribution < -0.4 is 0 Å². The van der Waals surface area contributed by atoms with E-state index in [0.29, 0.717) is 30.6 Å². The van der Waals surface area contributed by atoms with Crippen molar-refractivity contribution in [3.63, 3.8) is 0 Å². The van der Waals surface area contributed by atoms with E-state index in [2.05, 4.69) is 19.1 Å². The maximum atomic E-state index is 14.8. The van der Waals surface area contributed by atoms with Gasteiger partial charge in [0.1, 0.15) is 18.5 Å². The summed E-state index contributed by atoms with van der Waals surface area (Å²) in [5, 5.41) is 0. The molecule has 0 aromatic heterocycles. The van der Waals surface area contributed by atoms with Crippen molar-refractivity contribution in [3.05, 3.63) is 12.2 Å². The van der Waals surface area contributed by atoms with Gasteiger partial charge in [-0.15, -0.1) is 0 Å². The quantitative estimate of drug-likeness (QED) is 0.395. The predicted molar refractivity (Wildman–Crippen MR) is 93.4 cm³/mol. The van der Waals surface area contributed by atoms with Crippen LogP contribution in [0.25, 0.3) is 0 Å². The number of rotatable bonds is 3. The van der Waals surface area contributed by atoms with Crippen LogP contribution in [-0.2, 0) is 0 Å². The molecule has 0 amide bonds. The number of hydrogen-bond acceptors (Lipinski definition) is 0. The molecule has 25 heavy (non-hydrogen) atoms. The second kappa shape index (κ2) is 8.43. The Morgan fingerprint density at radius 2 is 1.20 bits per heavy atom. The van der Waals surface area contributed by atoms with E-state index < -0.39 is 24.7 Å². The Morgan fingerprint density at radius 1 is 0.640 bits per heavy atom. The van der Waals surface area contributed by atoms with Gasteiger partial charge in [0.15, 0.2) is 6.17 Å². The minimum absolute atomic E-state index is 0.00813. The Hall–Kier alpha value is -0.540.